The summed E-state index contributed by atoms with van der Waals surface area (Å²) < 4.78 is 5.76. The number of para-hydroxylation sites is 2. The smallest absolute Gasteiger partial charge is 0.335 e. The number of carbonyl (C=O) groups excluding carboxylic acids is 1. The predicted octanol–water partition coefficient (Wildman–Crippen LogP) is 4.22. The summed E-state index contributed by atoms with van der Waals surface area (Å²) in [6.45, 7) is 0.163. The number of hydrogen-bond donors (Lipinski definition) is 2. The Bertz CT molecular complexity index is 922. The van der Waals surface area contributed by atoms with Crippen LogP contribution in [-0.2, 0) is 6.61 Å². The van der Waals surface area contributed by atoms with Crippen LogP contribution in [0.5, 0.6) is 5.75 Å². The van der Waals surface area contributed by atoms with E-state index < -0.39 is 5.97 Å². The lowest BCUT2D eigenvalue weighted by Gasteiger charge is -2.12. The summed E-state index contributed by atoms with van der Waals surface area (Å²) in [6.07, 6.45) is 0. The molecule has 0 aliphatic heterocycles. The molecule has 0 aliphatic carbocycles. The third-order valence-corrected chi connectivity index (χ3v) is 3.73. The second-order valence-corrected chi connectivity index (χ2v) is 5.61. The van der Waals surface area contributed by atoms with Crippen LogP contribution in [0.15, 0.2) is 78.9 Å². The Morgan fingerprint density at radius 2 is 1.62 bits per heavy atom. The van der Waals surface area contributed by atoms with Crippen molar-refractivity contribution in [2.75, 3.05) is 5.32 Å². The highest BCUT2D eigenvalue weighted by atomic mass is 16.5. The number of carbonyl (C=O) groups is 2. The molecule has 0 bridgehead atoms. The Labute approximate surface area is 150 Å². The van der Waals surface area contributed by atoms with Crippen molar-refractivity contribution in [2.45, 2.75) is 6.61 Å². The number of carboxylic acids is 1. The Hall–Kier alpha value is -3.60. The molecule has 0 atom stereocenters. The van der Waals surface area contributed by atoms with Crippen molar-refractivity contribution in [1.29, 1.82) is 0 Å². The van der Waals surface area contributed by atoms with Gasteiger partial charge in [0.05, 0.1) is 11.1 Å². The number of hydrogen-bond acceptors (Lipinski definition) is 3. The fraction of sp³-hybridized carbons (Fsp3) is 0.0476. The van der Waals surface area contributed by atoms with Crippen LogP contribution in [0.3, 0.4) is 0 Å². The fourth-order valence-electron chi connectivity index (χ4n) is 2.46. The zero-order valence-corrected chi connectivity index (χ0v) is 13.9. The molecule has 5 heteroatoms. The number of carboxylic acid groups (broad SMARTS) is 1. The van der Waals surface area contributed by atoms with Gasteiger partial charge in [-0.3, -0.25) is 4.79 Å². The average Bonchev–Trinajstić information content (AvgIpc) is 2.67. The Morgan fingerprint density at radius 1 is 0.885 bits per heavy atom. The van der Waals surface area contributed by atoms with E-state index in [9.17, 15) is 9.59 Å². The van der Waals surface area contributed by atoms with Crippen molar-refractivity contribution in [3.8, 4) is 5.75 Å². The number of anilines is 1. The summed E-state index contributed by atoms with van der Waals surface area (Å²) in [5.41, 5.74) is 2.01. The van der Waals surface area contributed by atoms with Crippen molar-refractivity contribution >= 4 is 17.6 Å². The van der Waals surface area contributed by atoms with Crippen LogP contribution in [0.25, 0.3) is 0 Å². The third kappa shape index (κ3) is 4.27. The lowest BCUT2D eigenvalue weighted by Crippen LogP contribution is -2.13. The molecular formula is C21H17NO4. The molecule has 3 rings (SSSR count). The fourth-order valence-corrected chi connectivity index (χ4v) is 2.46. The van der Waals surface area contributed by atoms with Gasteiger partial charge in [-0.2, -0.15) is 0 Å². The minimum absolute atomic E-state index is 0.163. The van der Waals surface area contributed by atoms with Gasteiger partial charge in [0.25, 0.3) is 5.91 Å². The standard InChI is InChI=1S/C21H17NO4/c23-20(22-17-9-2-1-3-10-17)18-11-4-5-12-19(18)26-14-15-7-6-8-16(13-15)21(24)25/h1-13H,14H2,(H,22,23)(H,24,25). The van der Waals surface area contributed by atoms with E-state index in [1.165, 1.54) is 6.07 Å². The first-order chi connectivity index (χ1) is 12.6. The second-order valence-electron chi connectivity index (χ2n) is 5.61. The van der Waals surface area contributed by atoms with Crippen LogP contribution in [0.4, 0.5) is 5.69 Å². The number of nitrogens with one attached hydrogen (secondary N) is 1. The summed E-state index contributed by atoms with van der Waals surface area (Å²) in [6, 6.07) is 22.6. The van der Waals surface area contributed by atoms with Gasteiger partial charge in [0.2, 0.25) is 0 Å². The molecule has 0 unspecified atom stereocenters. The molecule has 5 nitrogen and oxygen atoms in total. The van der Waals surface area contributed by atoms with Crippen molar-refractivity contribution in [3.05, 3.63) is 95.6 Å². The molecule has 0 spiro atoms. The van der Waals surface area contributed by atoms with Gasteiger partial charge in [0, 0.05) is 5.69 Å². The largest absolute Gasteiger partial charge is 0.488 e. The minimum Gasteiger partial charge on any atom is -0.488 e. The monoisotopic (exact) mass is 347 g/mol. The summed E-state index contributed by atoms with van der Waals surface area (Å²) in [5.74, 6) is -0.831. The molecule has 3 aromatic carbocycles. The van der Waals surface area contributed by atoms with E-state index in [-0.39, 0.29) is 18.1 Å². The first-order valence-corrected chi connectivity index (χ1v) is 8.04. The van der Waals surface area contributed by atoms with E-state index >= 15 is 0 Å². The van der Waals surface area contributed by atoms with E-state index in [2.05, 4.69) is 5.32 Å². The second kappa shape index (κ2) is 7.98. The number of benzene rings is 3. The molecular weight excluding hydrogens is 330 g/mol. The summed E-state index contributed by atoms with van der Waals surface area (Å²) in [4.78, 5) is 23.6. The third-order valence-electron chi connectivity index (χ3n) is 3.73. The molecule has 0 saturated carbocycles. The number of rotatable bonds is 6. The molecule has 3 aromatic rings. The summed E-state index contributed by atoms with van der Waals surface area (Å²) in [5, 5.41) is 11.9. The Morgan fingerprint density at radius 3 is 2.38 bits per heavy atom. The zero-order chi connectivity index (χ0) is 18.4. The maximum absolute atomic E-state index is 12.5. The topological polar surface area (TPSA) is 75.6 Å². The molecule has 0 aliphatic rings. The van der Waals surface area contributed by atoms with E-state index in [0.29, 0.717) is 22.6 Å². The number of aromatic carboxylic acids is 1. The van der Waals surface area contributed by atoms with Crippen LogP contribution in [0, 0.1) is 0 Å². The van der Waals surface area contributed by atoms with Crippen LogP contribution >= 0.6 is 0 Å². The van der Waals surface area contributed by atoms with Gasteiger partial charge in [-0.05, 0) is 42.0 Å². The van der Waals surface area contributed by atoms with E-state index in [0.717, 1.165) is 0 Å². The van der Waals surface area contributed by atoms with Crippen molar-refractivity contribution in [1.82, 2.24) is 0 Å². The number of ether oxygens (including phenoxy) is 1. The van der Waals surface area contributed by atoms with E-state index in [1.807, 2.05) is 18.2 Å². The molecule has 26 heavy (non-hydrogen) atoms. The van der Waals surface area contributed by atoms with Crippen molar-refractivity contribution in [3.63, 3.8) is 0 Å². The first kappa shape index (κ1) is 17.2. The number of amides is 1. The van der Waals surface area contributed by atoms with Crippen LogP contribution in [-0.4, -0.2) is 17.0 Å². The normalized spacial score (nSPS) is 10.2. The van der Waals surface area contributed by atoms with Gasteiger partial charge in [0.15, 0.2) is 0 Å². The van der Waals surface area contributed by atoms with Crippen LogP contribution in [0.1, 0.15) is 26.3 Å². The first-order valence-electron chi connectivity index (χ1n) is 8.04. The summed E-state index contributed by atoms with van der Waals surface area (Å²) >= 11 is 0. The van der Waals surface area contributed by atoms with Crippen molar-refractivity contribution in [2.24, 2.45) is 0 Å². The Kier molecular flexibility index (Phi) is 5.29. The highest BCUT2D eigenvalue weighted by Gasteiger charge is 2.13. The maximum Gasteiger partial charge on any atom is 0.335 e. The molecule has 2 N–H and O–H groups in total. The molecule has 0 fully saturated rings. The lowest BCUT2D eigenvalue weighted by atomic mass is 10.1. The quantitative estimate of drug-likeness (QED) is 0.700. The van der Waals surface area contributed by atoms with Gasteiger partial charge >= 0.3 is 5.97 Å². The zero-order valence-electron chi connectivity index (χ0n) is 13.9. The minimum atomic E-state index is -0.991. The lowest BCUT2D eigenvalue weighted by molar-refractivity contribution is 0.0696. The van der Waals surface area contributed by atoms with Gasteiger partial charge in [-0.15, -0.1) is 0 Å². The predicted molar refractivity (Wildman–Crippen MR) is 98.6 cm³/mol. The highest BCUT2D eigenvalue weighted by Crippen LogP contribution is 2.21. The Balaban J connectivity index is 1.74. The molecule has 0 heterocycles. The van der Waals surface area contributed by atoms with Crippen LogP contribution < -0.4 is 10.1 Å². The van der Waals surface area contributed by atoms with Gasteiger partial charge in [-0.25, -0.2) is 4.79 Å². The SMILES string of the molecule is O=C(O)c1cccc(COc2ccccc2C(=O)Nc2ccccc2)c1. The van der Waals surface area contributed by atoms with Crippen LogP contribution in [0.2, 0.25) is 0 Å². The van der Waals surface area contributed by atoms with Gasteiger partial charge in [-0.1, -0.05) is 42.5 Å². The molecule has 130 valence electrons. The van der Waals surface area contributed by atoms with Crippen molar-refractivity contribution < 1.29 is 19.4 Å². The van der Waals surface area contributed by atoms with E-state index in [1.54, 1.807) is 54.6 Å². The van der Waals surface area contributed by atoms with E-state index in [4.69, 9.17) is 9.84 Å². The molecule has 0 radical (unpaired) electrons. The molecule has 0 aromatic heterocycles. The average molecular weight is 347 g/mol. The maximum atomic E-state index is 12.5. The summed E-state index contributed by atoms with van der Waals surface area (Å²) in [7, 11) is 0. The highest BCUT2D eigenvalue weighted by molar-refractivity contribution is 6.06. The molecule has 0 saturated heterocycles. The van der Waals surface area contributed by atoms with Gasteiger partial charge < -0.3 is 15.2 Å². The van der Waals surface area contributed by atoms with Gasteiger partial charge in [0.1, 0.15) is 12.4 Å². The molecule has 1 amide bonds.